The first-order valence-corrected chi connectivity index (χ1v) is 23.2. The molecule has 10 aromatic carbocycles. The maximum atomic E-state index is 7.29. The third-order valence-corrected chi connectivity index (χ3v) is 14.5. The van der Waals surface area contributed by atoms with E-state index in [2.05, 4.69) is 252 Å². The number of hydrogen-bond donors (Lipinski definition) is 0. The average molecular weight is 858 g/mol. The van der Waals surface area contributed by atoms with E-state index >= 15 is 0 Å². The minimum Gasteiger partial charge on any atom is -0.455 e. The zero-order valence-electron chi connectivity index (χ0n) is 37.1. The number of furan rings is 1. The van der Waals surface area contributed by atoms with E-state index in [1.807, 2.05) is 0 Å². The Hall–Kier alpha value is -8.60. The minimum absolute atomic E-state index is 0.0995. The van der Waals surface area contributed by atoms with Gasteiger partial charge in [-0.3, -0.25) is 0 Å². The fourth-order valence-electron chi connectivity index (χ4n) is 11.4. The summed E-state index contributed by atoms with van der Waals surface area (Å²) in [5.41, 5.74) is 19.6. The van der Waals surface area contributed by atoms with E-state index in [1.165, 1.54) is 44.3 Å². The molecule has 13 aromatic rings. The van der Waals surface area contributed by atoms with Crippen molar-refractivity contribution in [2.45, 2.75) is 19.3 Å². The largest absolute Gasteiger partial charge is 0.455 e. The van der Waals surface area contributed by atoms with Crippen LogP contribution in [0.3, 0.4) is 0 Å². The highest BCUT2D eigenvalue weighted by Gasteiger charge is 2.35. The first-order valence-electron chi connectivity index (χ1n) is 23.2. The number of fused-ring (bicyclic) bond motifs is 14. The van der Waals surface area contributed by atoms with Gasteiger partial charge in [0.2, 0.25) is 0 Å². The summed E-state index contributed by atoms with van der Waals surface area (Å²) >= 11 is 0. The summed E-state index contributed by atoms with van der Waals surface area (Å²) in [6, 6.07) is 81.5. The van der Waals surface area contributed by atoms with Crippen LogP contribution >= 0.6 is 0 Å². The number of nitrogens with zero attached hydrogens (tertiary/aromatic N) is 3. The Morgan fingerprint density at radius 3 is 1.48 bits per heavy atom. The number of hydrogen-bond acceptors (Lipinski definition) is 2. The lowest BCUT2D eigenvalue weighted by atomic mass is 9.82. The smallest absolute Gasteiger partial charge is 0.145 e. The van der Waals surface area contributed by atoms with Gasteiger partial charge in [-0.25, -0.2) is 0 Å². The van der Waals surface area contributed by atoms with Gasteiger partial charge in [-0.15, -0.1) is 0 Å². The van der Waals surface area contributed by atoms with Crippen molar-refractivity contribution in [1.29, 1.82) is 0 Å². The second-order valence-corrected chi connectivity index (χ2v) is 18.5. The molecule has 0 N–H and O–H groups in total. The monoisotopic (exact) mass is 857 g/mol. The Morgan fingerprint density at radius 1 is 0.358 bits per heavy atom. The van der Waals surface area contributed by atoms with Gasteiger partial charge in [-0.05, 0) is 130 Å². The van der Waals surface area contributed by atoms with Gasteiger partial charge in [-0.2, -0.15) is 0 Å². The molecule has 4 nitrogen and oxygen atoms in total. The van der Waals surface area contributed by atoms with E-state index in [-0.39, 0.29) is 5.41 Å². The summed E-state index contributed by atoms with van der Waals surface area (Å²) in [5, 5.41) is 6.84. The van der Waals surface area contributed by atoms with Crippen LogP contribution in [-0.4, -0.2) is 9.13 Å². The molecule has 0 atom stereocenters. The lowest BCUT2D eigenvalue weighted by molar-refractivity contribution is 0.660. The maximum Gasteiger partial charge on any atom is 0.145 e. The number of aromatic nitrogens is 2. The van der Waals surface area contributed by atoms with Crippen molar-refractivity contribution in [3.8, 4) is 33.6 Å². The van der Waals surface area contributed by atoms with E-state index in [0.717, 1.165) is 83.1 Å². The summed E-state index contributed by atoms with van der Waals surface area (Å²) in [5.74, 6) is 0. The second kappa shape index (κ2) is 14.2. The molecule has 316 valence electrons. The standard InChI is InChI=1S/C63H43N3O/c1-63(2)53-22-12-9-19-47(53)48-34-33-46(39-54(48)63)66-56-24-14-11-21-52(56)60-58(66)38-36-50-49-35-37-57-59(61(49)67-62(50)60)51-20-10-13-23-55(51)65(57)45-31-29-44(30-32-45)64(42-17-7-4-8-18-42)43-27-25-41(26-28-43)40-15-5-3-6-16-40/h3-39H,1-2H3. The lowest BCUT2D eigenvalue weighted by Gasteiger charge is -2.26. The predicted molar refractivity (Wildman–Crippen MR) is 280 cm³/mol. The van der Waals surface area contributed by atoms with Crippen LogP contribution in [-0.2, 0) is 5.41 Å². The van der Waals surface area contributed by atoms with Crippen LogP contribution < -0.4 is 4.90 Å². The van der Waals surface area contributed by atoms with Crippen LogP contribution in [0.4, 0.5) is 17.1 Å². The highest BCUT2D eigenvalue weighted by molar-refractivity contribution is 6.29. The third kappa shape index (κ3) is 5.47. The van der Waals surface area contributed by atoms with Crippen molar-refractivity contribution in [1.82, 2.24) is 9.13 Å². The van der Waals surface area contributed by atoms with Crippen LogP contribution in [0.1, 0.15) is 25.0 Å². The fraction of sp³-hybridized carbons (Fsp3) is 0.0476. The molecule has 0 aliphatic heterocycles. The SMILES string of the molecule is CC1(C)c2ccccc2-c2ccc(-n3c4ccccc4c4c5oc6c(ccc7c6c6ccccc6n7-c6ccc(N(c7ccccc7)c7ccc(-c8ccccc8)cc7)cc6)c5ccc43)cc21. The second-order valence-electron chi connectivity index (χ2n) is 18.5. The molecule has 0 spiro atoms. The van der Waals surface area contributed by atoms with Crippen molar-refractivity contribution in [3.05, 3.63) is 236 Å². The Balaban J connectivity index is 0.916. The van der Waals surface area contributed by atoms with Crippen LogP contribution in [0.5, 0.6) is 0 Å². The molecule has 0 unspecified atom stereocenters. The molecule has 0 fully saturated rings. The Labute approximate surface area is 387 Å². The third-order valence-electron chi connectivity index (χ3n) is 14.5. The van der Waals surface area contributed by atoms with E-state index in [4.69, 9.17) is 4.42 Å². The molecule has 1 aliphatic rings. The average Bonchev–Trinajstić information content (AvgIpc) is 4.10. The zero-order chi connectivity index (χ0) is 44.4. The molecule has 0 saturated heterocycles. The molecule has 3 aromatic heterocycles. The van der Waals surface area contributed by atoms with Crippen molar-refractivity contribution in [3.63, 3.8) is 0 Å². The van der Waals surface area contributed by atoms with Gasteiger partial charge in [-0.1, -0.05) is 141 Å². The first-order chi connectivity index (χ1) is 33.0. The molecule has 4 heteroatoms. The minimum atomic E-state index is -0.0995. The van der Waals surface area contributed by atoms with Crippen LogP contribution in [0.25, 0.3) is 99.2 Å². The topological polar surface area (TPSA) is 26.2 Å². The molecule has 3 heterocycles. The summed E-state index contributed by atoms with van der Waals surface area (Å²) in [6.07, 6.45) is 0. The molecule has 1 aliphatic carbocycles. The quantitative estimate of drug-likeness (QED) is 0.167. The van der Waals surface area contributed by atoms with Gasteiger partial charge in [0.25, 0.3) is 0 Å². The van der Waals surface area contributed by atoms with E-state index in [1.54, 1.807) is 0 Å². The zero-order valence-corrected chi connectivity index (χ0v) is 37.1. The Kier molecular flexibility index (Phi) is 8.00. The van der Waals surface area contributed by atoms with Crippen LogP contribution in [0, 0.1) is 0 Å². The summed E-state index contributed by atoms with van der Waals surface area (Å²) in [7, 11) is 0. The number of para-hydroxylation sites is 3. The van der Waals surface area contributed by atoms with Gasteiger partial charge in [0.05, 0.1) is 32.8 Å². The van der Waals surface area contributed by atoms with Gasteiger partial charge in [0, 0.05) is 55.4 Å². The van der Waals surface area contributed by atoms with Gasteiger partial charge < -0.3 is 18.5 Å². The van der Waals surface area contributed by atoms with Crippen molar-refractivity contribution >= 4 is 82.6 Å². The normalized spacial score (nSPS) is 13.0. The summed E-state index contributed by atoms with van der Waals surface area (Å²) in [6.45, 7) is 4.70. The molecule has 0 radical (unpaired) electrons. The Bertz CT molecular complexity index is 4100. The van der Waals surface area contributed by atoms with E-state index in [9.17, 15) is 0 Å². The summed E-state index contributed by atoms with van der Waals surface area (Å²) < 4.78 is 12.1. The van der Waals surface area contributed by atoms with Gasteiger partial charge >= 0.3 is 0 Å². The number of anilines is 3. The fourth-order valence-corrected chi connectivity index (χ4v) is 11.4. The number of rotatable bonds is 6. The highest BCUT2D eigenvalue weighted by atomic mass is 16.3. The number of benzene rings is 10. The highest BCUT2D eigenvalue weighted by Crippen LogP contribution is 2.50. The van der Waals surface area contributed by atoms with E-state index < -0.39 is 0 Å². The van der Waals surface area contributed by atoms with Crippen molar-refractivity contribution < 1.29 is 4.42 Å². The van der Waals surface area contributed by atoms with Crippen LogP contribution in [0.15, 0.2) is 229 Å². The molecule has 14 rings (SSSR count). The molecular formula is C63H43N3O. The van der Waals surface area contributed by atoms with Gasteiger partial charge in [0.1, 0.15) is 11.2 Å². The molecule has 67 heavy (non-hydrogen) atoms. The molecule has 0 amide bonds. The summed E-state index contributed by atoms with van der Waals surface area (Å²) in [4.78, 5) is 2.32. The maximum absolute atomic E-state index is 7.29. The first kappa shape index (κ1) is 37.7. The molecular weight excluding hydrogens is 815 g/mol. The molecule has 0 saturated carbocycles. The van der Waals surface area contributed by atoms with Gasteiger partial charge in [0.15, 0.2) is 0 Å². The molecule has 0 bridgehead atoms. The Morgan fingerprint density at radius 2 is 0.836 bits per heavy atom. The van der Waals surface area contributed by atoms with Crippen LogP contribution in [0.2, 0.25) is 0 Å². The van der Waals surface area contributed by atoms with E-state index in [0.29, 0.717) is 0 Å². The lowest BCUT2D eigenvalue weighted by Crippen LogP contribution is -2.15. The van der Waals surface area contributed by atoms with Crippen molar-refractivity contribution in [2.24, 2.45) is 0 Å². The van der Waals surface area contributed by atoms with Crippen molar-refractivity contribution in [2.75, 3.05) is 4.90 Å². The predicted octanol–water partition coefficient (Wildman–Crippen LogP) is 17.2.